The molecule has 228 valence electrons. The minimum Gasteiger partial charge on any atom is -0.493 e. The first kappa shape index (κ1) is 31.0. The molecule has 0 spiro atoms. The molecule has 3 aromatic rings. The lowest BCUT2D eigenvalue weighted by atomic mass is 10.0. The van der Waals surface area contributed by atoms with Crippen molar-refractivity contribution in [3.8, 4) is 11.5 Å². The fourth-order valence-electron chi connectivity index (χ4n) is 5.01. The molecule has 0 aliphatic carbocycles. The van der Waals surface area contributed by atoms with Crippen molar-refractivity contribution in [2.24, 2.45) is 0 Å². The zero-order chi connectivity index (χ0) is 30.8. The Hall–Kier alpha value is -4.98. The summed E-state index contributed by atoms with van der Waals surface area (Å²) in [5.41, 5.74) is 1.92. The van der Waals surface area contributed by atoms with Crippen molar-refractivity contribution in [2.45, 2.75) is 44.1 Å². The largest absolute Gasteiger partial charge is 0.493 e. The maximum absolute atomic E-state index is 13.4. The number of carbonyl (C=O) groups excluding carboxylic acids is 3. The molecule has 6 bridgehead atoms. The number of methoxy groups -OCH3 is 1. The van der Waals surface area contributed by atoms with Crippen LogP contribution in [0.25, 0.3) is 0 Å². The summed E-state index contributed by atoms with van der Waals surface area (Å²) in [6.07, 6.45) is 2.47. The van der Waals surface area contributed by atoms with Crippen molar-refractivity contribution in [3.63, 3.8) is 0 Å². The number of likely N-dealkylation sites (N-methyl/N-ethyl adjacent to an activating group) is 1. The Morgan fingerprint density at radius 3 is 2.63 bits per heavy atom. The molecule has 14 nitrogen and oxygen atoms in total. The summed E-state index contributed by atoms with van der Waals surface area (Å²) >= 11 is 0. The topological polar surface area (TPSA) is 177 Å². The highest BCUT2D eigenvalue weighted by atomic mass is 16.5. The lowest BCUT2D eigenvalue weighted by Gasteiger charge is -2.23. The highest BCUT2D eigenvalue weighted by Crippen LogP contribution is 2.28. The van der Waals surface area contributed by atoms with Crippen LogP contribution in [-0.4, -0.2) is 94.6 Å². The number of carboxylic acid groups (broad SMARTS) is 1. The average Bonchev–Trinajstić information content (AvgIpc) is 3.61. The van der Waals surface area contributed by atoms with E-state index in [1.165, 1.54) is 7.11 Å². The number of amides is 3. The molecule has 1 saturated heterocycles. The van der Waals surface area contributed by atoms with Gasteiger partial charge in [-0.15, -0.1) is 5.10 Å². The van der Waals surface area contributed by atoms with Crippen LogP contribution in [0.4, 0.5) is 0 Å². The maximum atomic E-state index is 13.4. The van der Waals surface area contributed by atoms with E-state index in [0.29, 0.717) is 48.7 Å². The van der Waals surface area contributed by atoms with Crippen LogP contribution in [0.15, 0.2) is 54.7 Å². The number of rotatable bonds is 3. The third-order valence-electron chi connectivity index (χ3n) is 7.14. The number of aromatic nitrogens is 3. The first-order chi connectivity index (χ1) is 20.8. The standard InChI is InChI=1S/C28H33N7O5.CH2O2/c1-34-16-20-14-23(34)28(38)31-22(12-18-6-4-3-5-7-18)27(37)29-15-21-17-35(33-32-21)10-11-40-24-9-8-19(26(36)30-20)13-25(24)39-2;2-1-3/h3-9,13,17,20,22-23H,10-12,14-16H2,1-2H3,(H,29,37)(H,30,36)(H,31,38);1H,(H,2,3)/t20-,22+,23-;/m0./s1. The van der Waals surface area contributed by atoms with Crippen molar-refractivity contribution in [1.82, 2.24) is 35.8 Å². The Bertz CT molecular complexity index is 1420. The normalized spacial score (nSPS) is 21.2. The third-order valence-corrected chi connectivity index (χ3v) is 7.14. The van der Waals surface area contributed by atoms with E-state index in [1.54, 1.807) is 29.1 Å². The van der Waals surface area contributed by atoms with Crippen LogP contribution in [0.1, 0.15) is 28.0 Å². The van der Waals surface area contributed by atoms with E-state index >= 15 is 0 Å². The van der Waals surface area contributed by atoms with Gasteiger partial charge in [-0.2, -0.15) is 0 Å². The van der Waals surface area contributed by atoms with E-state index in [1.807, 2.05) is 42.3 Å². The SMILES string of the molecule is COc1cc2ccc1OCCn1cc(nn1)CNC(=O)[C@@H](Cc1ccccc1)NC(=O)[C@@H]1C[C@@H](CN1C)NC2=O.O=CO. The summed E-state index contributed by atoms with van der Waals surface area (Å²) in [5, 5.41) is 24.0. The molecule has 3 aliphatic rings. The van der Waals surface area contributed by atoms with E-state index in [0.717, 1.165) is 5.56 Å². The minimum absolute atomic E-state index is 0.160. The first-order valence-electron chi connectivity index (χ1n) is 13.7. The summed E-state index contributed by atoms with van der Waals surface area (Å²) in [5.74, 6) is 0.0761. The number of ether oxygens (including phenoxy) is 2. The summed E-state index contributed by atoms with van der Waals surface area (Å²) in [7, 11) is 3.35. The Kier molecular flexibility index (Phi) is 10.6. The van der Waals surface area contributed by atoms with Crippen LogP contribution in [0, 0.1) is 0 Å². The van der Waals surface area contributed by atoms with Crippen LogP contribution in [-0.2, 0) is 33.9 Å². The van der Waals surface area contributed by atoms with Gasteiger partial charge in [0, 0.05) is 24.6 Å². The number of nitrogens with zero attached hydrogens (tertiary/aromatic N) is 4. The van der Waals surface area contributed by atoms with Crippen molar-refractivity contribution >= 4 is 24.2 Å². The molecule has 1 fully saturated rings. The number of fused-ring (bicyclic) bond motifs is 10. The average molecular weight is 594 g/mol. The van der Waals surface area contributed by atoms with Gasteiger partial charge in [0.15, 0.2) is 11.5 Å². The highest BCUT2D eigenvalue weighted by Gasteiger charge is 2.37. The zero-order valence-corrected chi connectivity index (χ0v) is 23.9. The molecule has 6 rings (SSSR count). The second-order valence-corrected chi connectivity index (χ2v) is 10.1. The van der Waals surface area contributed by atoms with Crippen molar-refractivity contribution < 1.29 is 33.8 Å². The van der Waals surface area contributed by atoms with E-state index in [-0.39, 0.29) is 43.4 Å². The second kappa shape index (κ2) is 14.8. The molecule has 0 unspecified atom stereocenters. The van der Waals surface area contributed by atoms with Crippen LogP contribution >= 0.6 is 0 Å². The van der Waals surface area contributed by atoms with Gasteiger partial charge in [0.25, 0.3) is 12.4 Å². The molecule has 3 atom stereocenters. The monoisotopic (exact) mass is 593 g/mol. The zero-order valence-electron chi connectivity index (χ0n) is 23.9. The second-order valence-electron chi connectivity index (χ2n) is 10.1. The van der Waals surface area contributed by atoms with Crippen LogP contribution < -0.4 is 25.4 Å². The third kappa shape index (κ3) is 8.29. The number of hydrogen-bond acceptors (Lipinski definition) is 9. The Balaban J connectivity index is 0.00000135. The number of nitrogens with one attached hydrogen (secondary N) is 3. The van der Waals surface area contributed by atoms with E-state index in [2.05, 4.69) is 26.3 Å². The minimum atomic E-state index is -0.791. The lowest BCUT2D eigenvalue weighted by molar-refractivity contribution is -0.131. The van der Waals surface area contributed by atoms with Crippen LogP contribution in [0.2, 0.25) is 0 Å². The van der Waals surface area contributed by atoms with E-state index < -0.39 is 12.1 Å². The Morgan fingerprint density at radius 2 is 1.88 bits per heavy atom. The molecular weight excluding hydrogens is 558 g/mol. The molecule has 2 aromatic carbocycles. The predicted molar refractivity (Wildman–Crippen MR) is 153 cm³/mol. The summed E-state index contributed by atoms with van der Waals surface area (Å²) in [6.45, 7) is 1.11. The molecule has 4 heterocycles. The predicted octanol–water partition coefficient (Wildman–Crippen LogP) is 0.226. The fraction of sp³-hybridized carbons (Fsp3) is 0.379. The van der Waals surface area contributed by atoms with Crippen molar-refractivity contribution in [3.05, 3.63) is 71.5 Å². The molecule has 14 heteroatoms. The smallest absolute Gasteiger partial charge is 0.290 e. The molecule has 3 amide bonds. The Labute approximate surface area is 248 Å². The quantitative estimate of drug-likeness (QED) is 0.307. The van der Waals surface area contributed by atoms with Crippen molar-refractivity contribution in [1.29, 1.82) is 0 Å². The van der Waals surface area contributed by atoms with Gasteiger partial charge in [0.1, 0.15) is 18.3 Å². The number of likely N-dealkylation sites (tertiary alicyclic amines) is 1. The van der Waals surface area contributed by atoms with Crippen LogP contribution in [0.5, 0.6) is 11.5 Å². The van der Waals surface area contributed by atoms with Gasteiger partial charge in [-0.3, -0.25) is 24.1 Å². The summed E-state index contributed by atoms with van der Waals surface area (Å²) in [4.78, 5) is 50.0. The van der Waals surface area contributed by atoms with Gasteiger partial charge in [0.05, 0.1) is 32.4 Å². The molecule has 1 aromatic heterocycles. The summed E-state index contributed by atoms with van der Waals surface area (Å²) in [6, 6.07) is 13.0. The highest BCUT2D eigenvalue weighted by molar-refractivity contribution is 5.95. The number of benzene rings is 2. The molecular formula is C29H35N7O7. The molecule has 4 N–H and O–H groups in total. The van der Waals surface area contributed by atoms with Gasteiger partial charge >= 0.3 is 0 Å². The maximum Gasteiger partial charge on any atom is 0.290 e. The lowest BCUT2D eigenvalue weighted by Crippen LogP contribution is -2.52. The van der Waals surface area contributed by atoms with Crippen LogP contribution in [0.3, 0.4) is 0 Å². The first-order valence-corrected chi connectivity index (χ1v) is 13.7. The molecule has 0 radical (unpaired) electrons. The fourth-order valence-corrected chi connectivity index (χ4v) is 5.01. The molecule has 3 aliphatic heterocycles. The van der Waals surface area contributed by atoms with E-state index in [4.69, 9.17) is 19.4 Å². The van der Waals surface area contributed by atoms with Gasteiger partial charge in [0.2, 0.25) is 11.8 Å². The van der Waals surface area contributed by atoms with Gasteiger partial charge in [-0.1, -0.05) is 35.5 Å². The summed E-state index contributed by atoms with van der Waals surface area (Å²) < 4.78 is 12.9. The molecule has 0 saturated carbocycles. The van der Waals surface area contributed by atoms with Crippen molar-refractivity contribution in [2.75, 3.05) is 27.3 Å². The van der Waals surface area contributed by atoms with Gasteiger partial charge in [-0.25, -0.2) is 4.68 Å². The van der Waals surface area contributed by atoms with Gasteiger partial charge in [-0.05, 0) is 37.2 Å². The Morgan fingerprint density at radius 1 is 1.12 bits per heavy atom. The van der Waals surface area contributed by atoms with E-state index in [9.17, 15) is 14.4 Å². The number of hydrogen-bond donors (Lipinski definition) is 4. The van der Waals surface area contributed by atoms with Gasteiger partial charge < -0.3 is 30.5 Å². The molecule has 43 heavy (non-hydrogen) atoms. The number of carbonyl (C=O) groups is 4.